The number of nitrogens with zero attached hydrogens (tertiary/aromatic N) is 1. The number of benzene rings is 3. The van der Waals surface area contributed by atoms with Gasteiger partial charge in [0.05, 0.1) is 0 Å². The Morgan fingerprint density at radius 3 is 2.38 bits per heavy atom. The second-order valence-electron chi connectivity index (χ2n) is 7.70. The van der Waals surface area contributed by atoms with Gasteiger partial charge in [-0.05, 0) is 71.8 Å². The van der Waals surface area contributed by atoms with E-state index in [4.69, 9.17) is 0 Å². The van der Waals surface area contributed by atoms with Gasteiger partial charge >= 0.3 is 0 Å². The molecule has 3 aromatic carbocycles. The van der Waals surface area contributed by atoms with Crippen LogP contribution in [0.5, 0.6) is 5.75 Å². The van der Waals surface area contributed by atoms with Crippen LogP contribution in [0.4, 0.5) is 0 Å². The molecular weight excluding hydrogens is 378 g/mol. The molecule has 0 aromatic heterocycles. The highest BCUT2D eigenvalue weighted by molar-refractivity contribution is 5.85. The summed E-state index contributed by atoms with van der Waals surface area (Å²) >= 11 is 0. The van der Waals surface area contributed by atoms with Crippen molar-refractivity contribution >= 4 is 18.0 Å². The molecule has 0 saturated heterocycles. The van der Waals surface area contributed by atoms with Gasteiger partial charge in [-0.15, -0.1) is 12.4 Å². The molecule has 29 heavy (non-hydrogen) atoms. The van der Waals surface area contributed by atoms with E-state index in [1.165, 1.54) is 27.8 Å². The number of likely N-dealkylation sites (N-methyl/N-ethyl adjacent to an activating group) is 1. The summed E-state index contributed by atoms with van der Waals surface area (Å²) in [6, 6.07) is 27.1. The van der Waals surface area contributed by atoms with Crippen LogP contribution in [0.3, 0.4) is 0 Å². The highest BCUT2D eigenvalue weighted by Gasteiger charge is 2.20. The predicted octanol–water partition coefficient (Wildman–Crippen LogP) is 6.08. The fraction of sp³-hybridized carbons (Fsp3) is 0.231. The Morgan fingerprint density at radius 1 is 0.828 bits per heavy atom. The molecule has 0 radical (unpaired) electrons. The summed E-state index contributed by atoms with van der Waals surface area (Å²) in [7, 11) is 2.19. The smallest absolute Gasteiger partial charge is 0.116 e. The molecule has 4 rings (SSSR count). The lowest BCUT2D eigenvalue weighted by Gasteiger charge is -2.22. The number of aromatic hydroxyl groups is 1. The fourth-order valence-electron chi connectivity index (χ4n) is 4.25. The molecule has 0 atom stereocenters. The van der Waals surface area contributed by atoms with Crippen LogP contribution >= 0.6 is 12.4 Å². The van der Waals surface area contributed by atoms with Gasteiger partial charge in [0.2, 0.25) is 0 Å². The molecule has 1 N–H and O–H groups in total. The van der Waals surface area contributed by atoms with Crippen molar-refractivity contribution < 1.29 is 5.11 Å². The maximum absolute atomic E-state index is 10.1. The summed E-state index contributed by atoms with van der Waals surface area (Å²) < 4.78 is 0. The molecule has 0 unspecified atom stereocenters. The lowest BCUT2D eigenvalue weighted by Crippen LogP contribution is -2.21. The second kappa shape index (κ2) is 9.78. The van der Waals surface area contributed by atoms with Crippen LogP contribution in [0.25, 0.3) is 5.57 Å². The SMILES string of the molecule is CN(CC1=C(c2cccc(O)c2)c2ccccc2CCC1)Cc1ccccc1.Cl. The molecular formula is C26H28ClNO. The van der Waals surface area contributed by atoms with E-state index >= 15 is 0 Å². The van der Waals surface area contributed by atoms with Crippen molar-refractivity contribution in [3.8, 4) is 5.75 Å². The Labute approximate surface area is 179 Å². The first-order valence-electron chi connectivity index (χ1n) is 10.0. The van der Waals surface area contributed by atoms with Crippen LogP contribution in [-0.4, -0.2) is 23.6 Å². The molecule has 0 fully saturated rings. The Balaban J connectivity index is 0.00000240. The zero-order chi connectivity index (χ0) is 19.3. The normalized spacial score (nSPS) is 13.6. The maximum atomic E-state index is 10.1. The average Bonchev–Trinajstić information content (AvgIpc) is 2.87. The van der Waals surface area contributed by atoms with Crippen molar-refractivity contribution in [3.63, 3.8) is 0 Å². The monoisotopic (exact) mass is 405 g/mol. The first-order valence-corrected chi connectivity index (χ1v) is 10.0. The number of hydrogen-bond acceptors (Lipinski definition) is 2. The Bertz CT molecular complexity index is 981. The zero-order valence-electron chi connectivity index (χ0n) is 16.8. The average molecular weight is 406 g/mol. The lowest BCUT2D eigenvalue weighted by atomic mass is 9.90. The van der Waals surface area contributed by atoms with Crippen molar-refractivity contribution in [2.45, 2.75) is 25.8 Å². The quantitative estimate of drug-likeness (QED) is 0.555. The van der Waals surface area contributed by atoms with Gasteiger partial charge in [-0.25, -0.2) is 0 Å². The molecule has 3 heteroatoms. The highest BCUT2D eigenvalue weighted by Crippen LogP contribution is 2.36. The minimum absolute atomic E-state index is 0. The van der Waals surface area contributed by atoms with Crippen molar-refractivity contribution in [3.05, 3.63) is 107 Å². The number of rotatable bonds is 5. The van der Waals surface area contributed by atoms with E-state index in [9.17, 15) is 5.11 Å². The molecule has 0 heterocycles. The van der Waals surface area contributed by atoms with Gasteiger partial charge in [-0.1, -0.05) is 66.7 Å². The van der Waals surface area contributed by atoms with Crippen LogP contribution in [0.2, 0.25) is 0 Å². The molecule has 1 aliphatic carbocycles. The highest BCUT2D eigenvalue weighted by atomic mass is 35.5. The van der Waals surface area contributed by atoms with Gasteiger partial charge in [0, 0.05) is 13.1 Å². The largest absolute Gasteiger partial charge is 0.508 e. The standard InChI is InChI=1S/C26H27NO.ClH/c1-27(18-20-9-3-2-4-10-20)19-23-14-7-12-21-11-5-6-16-25(21)26(23)22-13-8-15-24(28)17-22;/h2-6,8-11,13,15-17,28H,7,12,14,18-19H2,1H3;1H. The molecule has 3 aromatic rings. The van der Waals surface area contributed by atoms with Gasteiger partial charge in [0.1, 0.15) is 5.75 Å². The van der Waals surface area contributed by atoms with E-state index in [-0.39, 0.29) is 12.4 Å². The van der Waals surface area contributed by atoms with Crippen molar-refractivity contribution in [1.29, 1.82) is 0 Å². The zero-order valence-corrected chi connectivity index (χ0v) is 17.7. The van der Waals surface area contributed by atoms with E-state index in [1.54, 1.807) is 6.07 Å². The number of halogens is 1. The number of fused-ring (bicyclic) bond motifs is 1. The van der Waals surface area contributed by atoms with Crippen molar-refractivity contribution in [2.75, 3.05) is 13.6 Å². The summed E-state index contributed by atoms with van der Waals surface area (Å²) in [6.45, 7) is 1.85. The molecule has 0 amide bonds. The van der Waals surface area contributed by atoms with Crippen LogP contribution < -0.4 is 0 Å². The minimum Gasteiger partial charge on any atom is -0.508 e. The van der Waals surface area contributed by atoms with Gasteiger partial charge in [0.15, 0.2) is 0 Å². The molecule has 0 bridgehead atoms. The van der Waals surface area contributed by atoms with E-state index in [2.05, 4.69) is 72.6 Å². The molecule has 0 saturated carbocycles. The third-order valence-corrected chi connectivity index (χ3v) is 5.46. The molecule has 0 aliphatic heterocycles. The van der Waals surface area contributed by atoms with Gasteiger partial charge in [-0.3, -0.25) is 4.90 Å². The van der Waals surface area contributed by atoms with Crippen LogP contribution in [-0.2, 0) is 13.0 Å². The molecule has 0 spiro atoms. The number of phenols is 1. The van der Waals surface area contributed by atoms with Crippen LogP contribution in [0.15, 0.2) is 84.4 Å². The van der Waals surface area contributed by atoms with E-state index in [1.807, 2.05) is 12.1 Å². The lowest BCUT2D eigenvalue weighted by molar-refractivity contribution is 0.351. The minimum atomic E-state index is 0. The summed E-state index contributed by atoms with van der Waals surface area (Å²) in [5.41, 5.74) is 7.91. The van der Waals surface area contributed by atoms with E-state index in [0.717, 1.165) is 37.9 Å². The number of hydrogen-bond donors (Lipinski definition) is 1. The van der Waals surface area contributed by atoms with E-state index in [0.29, 0.717) is 5.75 Å². The summed E-state index contributed by atoms with van der Waals surface area (Å²) in [5, 5.41) is 10.1. The number of phenolic OH excluding ortho intramolecular Hbond substituents is 1. The Morgan fingerprint density at radius 2 is 1.59 bits per heavy atom. The third kappa shape index (κ3) is 5.09. The van der Waals surface area contributed by atoms with Crippen molar-refractivity contribution in [1.82, 2.24) is 4.90 Å². The molecule has 2 nitrogen and oxygen atoms in total. The third-order valence-electron chi connectivity index (χ3n) is 5.46. The number of aryl methyl sites for hydroxylation is 1. The summed E-state index contributed by atoms with van der Waals surface area (Å²) in [6.07, 6.45) is 3.34. The summed E-state index contributed by atoms with van der Waals surface area (Å²) in [4.78, 5) is 2.39. The topological polar surface area (TPSA) is 23.5 Å². The first kappa shape index (κ1) is 21.2. The fourth-order valence-corrected chi connectivity index (χ4v) is 4.25. The van der Waals surface area contributed by atoms with E-state index < -0.39 is 0 Å². The van der Waals surface area contributed by atoms with Crippen LogP contribution in [0.1, 0.15) is 35.1 Å². The predicted molar refractivity (Wildman–Crippen MR) is 124 cm³/mol. The van der Waals surface area contributed by atoms with Crippen LogP contribution in [0, 0.1) is 0 Å². The van der Waals surface area contributed by atoms with Gasteiger partial charge < -0.3 is 5.11 Å². The van der Waals surface area contributed by atoms with Gasteiger partial charge in [0.25, 0.3) is 0 Å². The maximum Gasteiger partial charge on any atom is 0.116 e. The molecule has 1 aliphatic rings. The first-order chi connectivity index (χ1) is 13.7. The Kier molecular flexibility index (Phi) is 7.13. The summed E-state index contributed by atoms with van der Waals surface area (Å²) in [5.74, 6) is 0.323. The second-order valence-corrected chi connectivity index (χ2v) is 7.70. The Hall–Kier alpha value is -2.55. The van der Waals surface area contributed by atoms with Crippen molar-refractivity contribution in [2.24, 2.45) is 0 Å². The molecule has 150 valence electrons. The van der Waals surface area contributed by atoms with Gasteiger partial charge in [-0.2, -0.15) is 0 Å².